The lowest BCUT2D eigenvalue weighted by Crippen LogP contribution is -2.34. The molecule has 0 amide bonds. The molecule has 0 saturated heterocycles. The minimum absolute atomic E-state index is 0.0829. The van der Waals surface area contributed by atoms with Crippen molar-refractivity contribution in [3.8, 4) is 11.5 Å². The molecule has 0 aliphatic carbocycles. The standard InChI is InChI=1S/C30H30N2O8Si/c1-41(2,39-21-25-15-9-17-27(29(25)31(33)34)37-19-23-11-5-3-6-12-23)40-22-26-16-10-18-28(30(26)32(35)36)38-20-24-13-7-4-8-14-24/h3-18H,19-22H2,1-2H3. The number of benzene rings is 4. The number of para-hydroxylation sites is 2. The van der Waals surface area contributed by atoms with Gasteiger partial charge in [0.25, 0.3) is 0 Å². The summed E-state index contributed by atoms with van der Waals surface area (Å²) in [6, 6.07) is 28.4. The van der Waals surface area contributed by atoms with Gasteiger partial charge in [-0.2, -0.15) is 0 Å². The smallest absolute Gasteiger partial charge is 0.332 e. The molecule has 0 heterocycles. The number of ether oxygens (including phenoxy) is 2. The number of nitro groups is 2. The summed E-state index contributed by atoms with van der Waals surface area (Å²) in [4.78, 5) is 22.9. The van der Waals surface area contributed by atoms with E-state index in [1.54, 1.807) is 49.5 Å². The quantitative estimate of drug-likeness (QED) is 0.0888. The highest BCUT2D eigenvalue weighted by molar-refractivity contribution is 6.64. The molecule has 0 aliphatic heterocycles. The fourth-order valence-electron chi connectivity index (χ4n) is 4.03. The first-order valence-corrected chi connectivity index (χ1v) is 15.7. The van der Waals surface area contributed by atoms with Crippen LogP contribution in [0.25, 0.3) is 0 Å². The summed E-state index contributed by atoms with van der Waals surface area (Å²) in [5.74, 6) is 0.284. The highest BCUT2D eigenvalue weighted by atomic mass is 28.4. The van der Waals surface area contributed by atoms with Crippen molar-refractivity contribution in [2.45, 2.75) is 39.5 Å². The first kappa shape index (κ1) is 29.4. The van der Waals surface area contributed by atoms with Gasteiger partial charge in [0.2, 0.25) is 0 Å². The summed E-state index contributed by atoms with van der Waals surface area (Å²) < 4.78 is 23.6. The molecular formula is C30H30N2O8Si. The maximum absolute atomic E-state index is 11.9. The van der Waals surface area contributed by atoms with Crippen LogP contribution in [0.15, 0.2) is 97.1 Å². The van der Waals surface area contributed by atoms with Crippen molar-refractivity contribution in [2.75, 3.05) is 0 Å². The zero-order valence-corrected chi connectivity index (χ0v) is 23.7. The van der Waals surface area contributed by atoms with E-state index in [9.17, 15) is 20.2 Å². The van der Waals surface area contributed by atoms with Gasteiger partial charge < -0.3 is 18.3 Å². The summed E-state index contributed by atoms with van der Waals surface area (Å²) in [6.07, 6.45) is 0. The van der Waals surface area contributed by atoms with Crippen LogP contribution in [0, 0.1) is 20.2 Å². The molecule has 0 bridgehead atoms. The normalized spacial score (nSPS) is 11.2. The second-order valence-corrected chi connectivity index (χ2v) is 12.9. The number of hydrogen-bond donors (Lipinski definition) is 0. The third-order valence-electron chi connectivity index (χ3n) is 6.16. The molecule has 4 rings (SSSR count). The Bertz CT molecular complexity index is 1370. The van der Waals surface area contributed by atoms with Crippen molar-refractivity contribution in [2.24, 2.45) is 0 Å². The molecule has 0 N–H and O–H groups in total. The highest BCUT2D eigenvalue weighted by Crippen LogP contribution is 2.34. The predicted molar refractivity (Wildman–Crippen MR) is 155 cm³/mol. The first-order valence-electron chi connectivity index (χ1n) is 12.9. The van der Waals surface area contributed by atoms with Gasteiger partial charge in [-0.05, 0) is 48.5 Å². The van der Waals surface area contributed by atoms with Crippen LogP contribution >= 0.6 is 0 Å². The number of hydrogen-bond acceptors (Lipinski definition) is 8. The monoisotopic (exact) mass is 574 g/mol. The van der Waals surface area contributed by atoms with Crippen LogP contribution in [0.5, 0.6) is 11.5 Å². The fourth-order valence-corrected chi connectivity index (χ4v) is 5.12. The highest BCUT2D eigenvalue weighted by Gasteiger charge is 2.30. The van der Waals surface area contributed by atoms with Crippen LogP contribution in [-0.4, -0.2) is 18.4 Å². The Labute approximate surface area is 238 Å². The molecule has 4 aromatic rings. The van der Waals surface area contributed by atoms with Crippen molar-refractivity contribution in [3.05, 3.63) is 140 Å². The van der Waals surface area contributed by atoms with Crippen LogP contribution in [-0.2, 0) is 35.3 Å². The summed E-state index contributed by atoms with van der Waals surface area (Å²) in [6.45, 7) is 3.75. The van der Waals surface area contributed by atoms with Crippen LogP contribution in [0.2, 0.25) is 13.1 Å². The second kappa shape index (κ2) is 13.7. The van der Waals surface area contributed by atoms with Gasteiger partial charge in [-0.3, -0.25) is 20.2 Å². The SMILES string of the molecule is C[Si](C)(OCc1cccc(OCc2ccccc2)c1[N+](=O)[O-])OCc1cccc(OCc2ccccc2)c1[N+](=O)[O-]. The van der Waals surface area contributed by atoms with Gasteiger partial charge in [-0.1, -0.05) is 72.8 Å². The van der Waals surface area contributed by atoms with E-state index < -0.39 is 18.4 Å². The summed E-state index contributed by atoms with van der Waals surface area (Å²) in [5, 5.41) is 23.9. The summed E-state index contributed by atoms with van der Waals surface area (Å²) >= 11 is 0. The second-order valence-electron chi connectivity index (χ2n) is 9.57. The van der Waals surface area contributed by atoms with Crippen molar-refractivity contribution < 1.29 is 28.2 Å². The topological polar surface area (TPSA) is 123 Å². The van der Waals surface area contributed by atoms with E-state index in [4.69, 9.17) is 18.3 Å². The molecule has 0 unspecified atom stereocenters. The molecule has 0 spiro atoms. The molecule has 212 valence electrons. The van der Waals surface area contributed by atoms with Crippen LogP contribution in [0.3, 0.4) is 0 Å². The van der Waals surface area contributed by atoms with Gasteiger partial charge in [0.1, 0.15) is 13.2 Å². The van der Waals surface area contributed by atoms with E-state index in [2.05, 4.69) is 0 Å². The van der Waals surface area contributed by atoms with Crippen molar-refractivity contribution in [1.82, 2.24) is 0 Å². The number of nitrogens with zero attached hydrogens (tertiary/aromatic N) is 2. The van der Waals surface area contributed by atoms with Crippen LogP contribution in [0.4, 0.5) is 11.4 Å². The first-order chi connectivity index (χ1) is 19.7. The lowest BCUT2D eigenvalue weighted by atomic mass is 10.1. The van der Waals surface area contributed by atoms with E-state index in [0.29, 0.717) is 11.1 Å². The fraction of sp³-hybridized carbons (Fsp3) is 0.200. The predicted octanol–water partition coefficient (Wildman–Crippen LogP) is 7.10. The van der Waals surface area contributed by atoms with Gasteiger partial charge in [-0.15, -0.1) is 0 Å². The lowest BCUT2D eigenvalue weighted by Gasteiger charge is -2.23. The molecule has 4 aromatic carbocycles. The van der Waals surface area contributed by atoms with Crippen molar-refractivity contribution in [3.63, 3.8) is 0 Å². The summed E-state index contributed by atoms with van der Waals surface area (Å²) in [7, 11) is -2.89. The van der Waals surface area contributed by atoms with Gasteiger partial charge in [-0.25, -0.2) is 0 Å². The summed E-state index contributed by atoms with van der Waals surface area (Å²) in [5.41, 5.74) is 2.10. The Morgan fingerprint density at radius 1 is 0.561 bits per heavy atom. The van der Waals surface area contributed by atoms with Crippen LogP contribution < -0.4 is 9.47 Å². The minimum atomic E-state index is -2.89. The Hall–Kier alpha value is -4.58. The molecule has 11 heteroatoms. The zero-order chi connectivity index (χ0) is 29.2. The number of rotatable bonds is 14. The Morgan fingerprint density at radius 2 is 0.951 bits per heavy atom. The molecule has 41 heavy (non-hydrogen) atoms. The minimum Gasteiger partial charge on any atom is -0.482 e. The Kier molecular flexibility index (Phi) is 9.80. The third-order valence-corrected chi connectivity index (χ3v) is 7.83. The van der Waals surface area contributed by atoms with Crippen molar-refractivity contribution >= 4 is 19.9 Å². The van der Waals surface area contributed by atoms with Crippen molar-refractivity contribution in [1.29, 1.82) is 0 Å². The van der Waals surface area contributed by atoms with Gasteiger partial charge >= 0.3 is 19.9 Å². The number of nitro benzene ring substituents is 2. The zero-order valence-electron chi connectivity index (χ0n) is 22.7. The van der Waals surface area contributed by atoms with Gasteiger partial charge in [0.15, 0.2) is 11.5 Å². The van der Waals surface area contributed by atoms with Gasteiger partial charge in [0, 0.05) is 0 Å². The molecule has 0 aromatic heterocycles. The van der Waals surface area contributed by atoms with E-state index >= 15 is 0 Å². The lowest BCUT2D eigenvalue weighted by molar-refractivity contribution is -0.386. The molecule has 0 aliphatic rings. The molecule has 0 saturated carbocycles. The third kappa shape index (κ3) is 8.21. The van der Waals surface area contributed by atoms with E-state index in [1.807, 2.05) is 60.7 Å². The average Bonchev–Trinajstić information content (AvgIpc) is 2.97. The maximum Gasteiger partial charge on any atom is 0.332 e. The largest absolute Gasteiger partial charge is 0.482 e. The maximum atomic E-state index is 11.9. The molecule has 0 radical (unpaired) electrons. The molecule has 10 nitrogen and oxygen atoms in total. The molecule has 0 atom stereocenters. The van der Waals surface area contributed by atoms with Gasteiger partial charge in [0.05, 0.1) is 34.2 Å². The van der Waals surface area contributed by atoms with E-state index in [-0.39, 0.29) is 49.3 Å². The van der Waals surface area contributed by atoms with Crippen LogP contribution in [0.1, 0.15) is 22.3 Å². The molecular weight excluding hydrogens is 544 g/mol. The Morgan fingerprint density at radius 3 is 1.32 bits per heavy atom. The van der Waals surface area contributed by atoms with E-state index in [1.165, 1.54) is 0 Å². The molecule has 0 fully saturated rings. The average molecular weight is 575 g/mol. The van der Waals surface area contributed by atoms with E-state index in [0.717, 1.165) is 11.1 Å². The Balaban J connectivity index is 1.42.